The van der Waals surface area contributed by atoms with Gasteiger partial charge in [0.15, 0.2) is 0 Å². The van der Waals surface area contributed by atoms with Gasteiger partial charge in [-0.3, -0.25) is 4.79 Å². The number of rotatable bonds is 8. The number of hydrogen-bond acceptors (Lipinski definition) is 3. The summed E-state index contributed by atoms with van der Waals surface area (Å²) in [6.07, 6.45) is 8.96. The quantitative estimate of drug-likeness (QED) is 0.536. The second kappa shape index (κ2) is 7.92. The third-order valence-corrected chi connectivity index (χ3v) is 7.15. The molecule has 0 aliphatic heterocycles. The molecule has 0 radical (unpaired) electrons. The first-order chi connectivity index (χ1) is 12.3. The van der Waals surface area contributed by atoms with E-state index in [1.54, 1.807) is 12.1 Å². The number of nitrogens with one attached hydrogen (secondary N) is 1. The predicted molar refractivity (Wildman–Crippen MR) is 100 cm³/mol. The third kappa shape index (κ3) is 4.54. The second-order valence-electron chi connectivity index (χ2n) is 7.66. The molecule has 1 aromatic carbocycles. The summed E-state index contributed by atoms with van der Waals surface area (Å²) in [6, 6.07) is 6.94. The van der Waals surface area contributed by atoms with E-state index in [1.807, 2.05) is 19.1 Å². The van der Waals surface area contributed by atoms with E-state index in [0.717, 1.165) is 31.2 Å². The Balaban J connectivity index is 1.59. The fourth-order valence-electron chi connectivity index (χ4n) is 4.39. The van der Waals surface area contributed by atoms with Crippen LogP contribution in [0.4, 0.5) is 0 Å². The molecule has 2 N–H and O–H groups in total. The van der Waals surface area contributed by atoms with E-state index in [0.29, 0.717) is 29.1 Å². The fourth-order valence-corrected chi connectivity index (χ4v) is 5.69. The van der Waals surface area contributed by atoms with Crippen molar-refractivity contribution in [3.8, 4) is 0 Å². The Morgan fingerprint density at radius 1 is 1.23 bits per heavy atom. The van der Waals surface area contributed by atoms with Crippen molar-refractivity contribution in [1.82, 2.24) is 4.72 Å². The van der Waals surface area contributed by atoms with Gasteiger partial charge in [0.25, 0.3) is 0 Å². The standard InChI is InChI=1S/C20H27NO4S/c1-14-7-9-17(10-8-14)26(24,25)21-19-13-15-11-16(18(19)12-15)5-3-2-4-6-20(22)23/h3,5,7-10,15-16,18-19,21H,2,4,6,11-13H2,1H3,(H,22,23)/b5-3+. The summed E-state index contributed by atoms with van der Waals surface area (Å²) >= 11 is 0. The average Bonchev–Trinajstić information content (AvgIpc) is 3.14. The number of carboxylic acids is 1. The molecule has 2 aliphatic rings. The van der Waals surface area contributed by atoms with Gasteiger partial charge in [-0.15, -0.1) is 0 Å². The molecule has 0 aromatic heterocycles. The number of benzene rings is 1. The van der Waals surface area contributed by atoms with Gasteiger partial charge in [0.1, 0.15) is 0 Å². The molecule has 2 fully saturated rings. The van der Waals surface area contributed by atoms with E-state index >= 15 is 0 Å². The van der Waals surface area contributed by atoms with E-state index < -0.39 is 16.0 Å². The second-order valence-corrected chi connectivity index (χ2v) is 9.37. The lowest BCUT2D eigenvalue weighted by Gasteiger charge is -2.28. The van der Waals surface area contributed by atoms with Crippen LogP contribution in [-0.2, 0) is 14.8 Å². The zero-order valence-corrected chi connectivity index (χ0v) is 15.9. The van der Waals surface area contributed by atoms with E-state index in [-0.39, 0.29) is 12.5 Å². The number of sulfonamides is 1. The van der Waals surface area contributed by atoms with Gasteiger partial charge < -0.3 is 5.11 Å². The number of carbonyl (C=O) groups is 1. The maximum Gasteiger partial charge on any atom is 0.303 e. The van der Waals surface area contributed by atoms with Gasteiger partial charge in [-0.1, -0.05) is 29.8 Å². The molecule has 4 atom stereocenters. The lowest BCUT2D eigenvalue weighted by molar-refractivity contribution is -0.137. The molecule has 0 saturated heterocycles. The van der Waals surface area contributed by atoms with Gasteiger partial charge in [0.05, 0.1) is 4.90 Å². The molecule has 2 aliphatic carbocycles. The molecule has 0 amide bonds. The molecule has 3 rings (SSSR count). The Labute approximate surface area is 155 Å². The van der Waals surface area contributed by atoms with Crippen LogP contribution < -0.4 is 4.72 Å². The van der Waals surface area contributed by atoms with Crippen molar-refractivity contribution in [3.63, 3.8) is 0 Å². The summed E-state index contributed by atoms with van der Waals surface area (Å²) in [5, 5.41) is 8.67. The van der Waals surface area contributed by atoms with Crippen molar-refractivity contribution in [2.75, 3.05) is 0 Å². The van der Waals surface area contributed by atoms with E-state index in [4.69, 9.17) is 5.11 Å². The minimum atomic E-state index is -3.48. The topological polar surface area (TPSA) is 83.5 Å². The molecule has 2 saturated carbocycles. The number of aryl methyl sites for hydroxylation is 1. The molecule has 4 unspecified atom stereocenters. The fraction of sp³-hybridized carbons (Fsp3) is 0.550. The van der Waals surface area contributed by atoms with Gasteiger partial charge in [-0.05, 0) is 68.9 Å². The molecule has 1 aromatic rings. The minimum absolute atomic E-state index is 0.00581. The molecule has 6 heteroatoms. The summed E-state index contributed by atoms with van der Waals surface area (Å²) in [7, 11) is -3.48. The molecule has 0 spiro atoms. The molecular weight excluding hydrogens is 350 g/mol. The Hall–Kier alpha value is -1.66. The Morgan fingerprint density at radius 3 is 2.62 bits per heavy atom. The van der Waals surface area contributed by atoms with Crippen molar-refractivity contribution in [2.24, 2.45) is 17.8 Å². The summed E-state index contributed by atoms with van der Waals surface area (Å²) in [5.41, 5.74) is 1.04. The van der Waals surface area contributed by atoms with Crippen molar-refractivity contribution in [1.29, 1.82) is 0 Å². The Morgan fingerprint density at radius 2 is 1.96 bits per heavy atom. The number of fused-ring (bicyclic) bond motifs is 2. The first kappa shape index (κ1) is 19.1. The van der Waals surface area contributed by atoms with Crippen LogP contribution in [0, 0.1) is 24.7 Å². The van der Waals surface area contributed by atoms with E-state index in [1.165, 1.54) is 0 Å². The average molecular weight is 378 g/mol. The summed E-state index contributed by atoms with van der Waals surface area (Å²) in [6.45, 7) is 1.94. The molecule has 26 heavy (non-hydrogen) atoms. The van der Waals surface area contributed by atoms with Crippen LogP contribution in [0.1, 0.15) is 44.1 Å². The lowest BCUT2D eigenvalue weighted by atomic mass is 9.85. The van der Waals surface area contributed by atoms with Gasteiger partial charge in [-0.25, -0.2) is 13.1 Å². The van der Waals surface area contributed by atoms with Crippen molar-refractivity contribution < 1.29 is 18.3 Å². The first-order valence-corrected chi connectivity index (χ1v) is 10.8. The SMILES string of the molecule is Cc1ccc(S(=O)(=O)NC2CC3CC(/C=C/CCCC(=O)O)C2C3)cc1. The highest BCUT2D eigenvalue weighted by Gasteiger charge is 2.46. The summed E-state index contributed by atoms with van der Waals surface area (Å²) in [5.74, 6) is 0.559. The van der Waals surface area contributed by atoms with Crippen molar-refractivity contribution in [2.45, 2.75) is 56.4 Å². The van der Waals surface area contributed by atoms with Crippen LogP contribution in [0.25, 0.3) is 0 Å². The predicted octanol–water partition coefficient (Wildman–Crippen LogP) is 3.50. The smallest absolute Gasteiger partial charge is 0.303 e. The number of carboxylic acid groups (broad SMARTS) is 1. The van der Waals surface area contributed by atoms with Crippen LogP contribution in [-0.4, -0.2) is 25.5 Å². The molecular formula is C20H27NO4S. The largest absolute Gasteiger partial charge is 0.481 e. The van der Waals surface area contributed by atoms with Crippen LogP contribution in [0.3, 0.4) is 0 Å². The first-order valence-electron chi connectivity index (χ1n) is 9.32. The maximum absolute atomic E-state index is 12.7. The number of hydrogen-bond donors (Lipinski definition) is 2. The zero-order valence-electron chi connectivity index (χ0n) is 15.1. The van der Waals surface area contributed by atoms with Gasteiger partial charge in [0, 0.05) is 12.5 Å². The van der Waals surface area contributed by atoms with Crippen LogP contribution in [0.5, 0.6) is 0 Å². The number of unbranched alkanes of at least 4 members (excludes halogenated alkanes) is 1. The maximum atomic E-state index is 12.7. The molecule has 142 valence electrons. The Bertz CT molecular complexity index is 770. The van der Waals surface area contributed by atoms with Crippen molar-refractivity contribution >= 4 is 16.0 Å². The van der Waals surface area contributed by atoms with Gasteiger partial charge >= 0.3 is 5.97 Å². The Kier molecular flexibility index (Phi) is 5.82. The van der Waals surface area contributed by atoms with Crippen LogP contribution >= 0.6 is 0 Å². The van der Waals surface area contributed by atoms with Gasteiger partial charge in [-0.2, -0.15) is 0 Å². The number of aliphatic carboxylic acids is 1. The summed E-state index contributed by atoms with van der Waals surface area (Å²) in [4.78, 5) is 10.9. The lowest BCUT2D eigenvalue weighted by Crippen LogP contribution is -2.40. The highest BCUT2D eigenvalue weighted by atomic mass is 32.2. The van der Waals surface area contributed by atoms with Crippen LogP contribution in [0.15, 0.2) is 41.3 Å². The van der Waals surface area contributed by atoms with Crippen LogP contribution in [0.2, 0.25) is 0 Å². The summed E-state index contributed by atoms with van der Waals surface area (Å²) < 4.78 is 28.3. The van der Waals surface area contributed by atoms with Gasteiger partial charge in [0.2, 0.25) is 10.0 Å². The molecule has 2 bridgehead atoms. The minimum Gasteiger partial charge on any atom is -0.481 e. The normalized spacial score (nSPS) is 28.0. The van der Waals surface area contributed by atoms with E-state index in [2.05, 4.69) is 16.9 Å². The zero-order chi connectivity index (χ0) is 18.7. The molecule has 5 nitrogen and oxygen atoms in total. The third-order valence-electron chi connectivity index (χ3n) is 5.65. The highest BCUT2D eigenvalue weighted by molar-refractivity contribution is 7.89. The van der Waals surface area contributed by atoms with E-state index in [9.17, 15) is 13.2 Å². The number of allylic oxidation sites excluding steroid dienone is 2. The molecule has 0 heterocycles. The highest BCUT2D eigenvalue weighted by Crippen LogP contribution is 2.49. The van der Waals surface area contributed by atoms with Crippen molar-refractivity contribution in [3.05, 3.63) is 42.0 Å². The monoisotopic (exact) mass is 377 g/mol.